The third-order valence-electron chi connectivity index (χ3n) is 6.77. The van der Waals surface area contributed by atoms with E-state index in [9.17, 15) is 18.8 Å². The molecule has 2 aliphatic rings. The maximum atomic E-state index is 12.9. The van der Waals surface area contributed by atoms with Gasteiger partial charge in [-0.1, -0.05) is 0 Å². The zero-order valence-electron chi connectivity index (χ0n) is 21.4. The molecule has 0 radical (unpaired) electrons. The summed E-state index contributed by atoms with van der Waals surface area (Å²) in [5.41, 5.74) is 6.68. The van der Waals surface area contributed by atoms with Gasteiger partial charge in [-0.2, -0.15) is 5.10 Å². The first-order chi connectivity index (χ1) is 20.0. The lowest BCUT2D eigenvalue weighted by molar-refractivity contribution is -0.0475. The molecule has 42 heavy (non-hydrogen) atoms. The summed E-state index contributed by atoms with van der Waals surface area (Å²) in [5, 5.41) is 6.09. The molecule has 0 amide bonds. The first-order valence-corrected chi connectivity index (χ1v) is 15.5. The fourth-order valence-electron chi connectivity index (χ4n) is 4.88. The summed E-state index contributed by atoms with van der Waals surface area (Å²) in [6.45, 7) is -0.960. The molecule has 6 rings (SSSR count). The highest BCUT2D eigenvalue weighted by Crippen LogP contribution is 2.50. The van der Waals surface area contributed by atoms with E-state index in [1.54, 1.807) is 4.57 Å². The lowest BCUT2D eigenvalue weighted by Gasteiger charge is -2.22. The molecule has 0 aromatic carbocycles. The quantitative estimate of drug-likeness (QED) is 0.146. The molecule has 2 saturated heterocycles. The van der Waals surface area contributed by atoms with E-state index < -0.39 is 58.6 Å². The number of phosphoric acid groups is 2. The largest absolute Gasteiger partial charge is 0.472 e. The number of ether oxygens (including phenoxy) is 2. The number of rotatable bonds is 10. The van der Waals surface area contributed by atoms with Crippen molar-refractivity contribution in [3.05, 3.63) is 35.5 Å². The molecule has 0 bridgehead atoms. The van der Waals surface area contributed by atoms with Crippen LogP contribution in [0.1, 0.15) is 31.7 Å². The predicted molar refractivity (Wildman–Crippen MR) is 138 cm³/mol. The Bertz CT molecular complexity index is 1760. The van der Waals surface area contributed by atoms with Crippen molar-refractivity contribution in [1.29, 1.82) is 0 Å². The van der Waals surface area contributed by atoms with Crippen molar-refractivity contribution < 1.29 is 46.9 Å². The second-order valence-corrected chi connectivity index (χ2v) is 12.2. The lowest BCUT2D eigenvalue weighted by Crippen LogP contribution is -2.28. The average molecular weight is 629 g/mol. The van der Waals surface area contributed by atoms with Gasteiger partial charge in [0, 0.05) is 6.42 Å². The number of nitrogens with one attached hydrogen (secondary N) is 1. The van der Waals surface area contributed by atoms with Crippen LogP contribution < -0.4 is 11.3 Å². The number of anilines is 1. The fraction of sp³-hybridized carbons (Fsp3) is 0.500. The van der Waals surface area contributed by atoms with E-state index in [1.165, 1.54) is 29.7 Å². The van der Waals surface area contributed by atoms with Crippen LogP contribution in [-0.4, -0.2) is 85.5 Å². The van der Waals surface area contributed by atoms with Crippen molar-refractivity contribution in [3.63, 3.8) is 0 Å². The molecule has 0 aliphatic carbocycles. The molecule has 1 unspecified atom stereocenters. The molecule has 4 aromatic rings. The Balaban J connectivity index is 1.11. The van der Waals surface area contributed by atoms with E-state index in [0.717, 1.165) is 0 Å². The highest BCUT2D eigenvalue weighted by Gasteiger charge is 2.43. The lowest BCUT2D eigenvalue weighted by atomic mass is 10.2. The Kier molecular flexibility index (Phi) is 7.69. The molecule has 4 aromatic heterocycles. The molecule has 2 aliphatic heterocycles. The third kappa shape index (κ3) is 6.00. The van der Waals surface area contributed by atoms with Crippen molar-refractivity contribution in [2.24, 2.45) is 0 Å². The van der Waals surface area contributed by atoms with Crippen LogP contribution in [0.2, 0.25) is 0 Å². The zero-order chi connectivity index (χ0) is 29.6. The van der Waals surface area contributed by atoms with E-state index in [-0.39, 0.29) is 24.4 Å². The second-order valence-electron chi connectivity index (χ2n) is 9.52. The van der Waals surface area contributed by atoms with Gasteiger partial charge in [0.2, 0.25) is 0 Å². The summed E-state index contributed by atoms with van der Waals surface area (Å²) >= 11 is 0. The number of aromatic nitrogens is 8. The maximum absolute atomic E-state index is 12.9. The Morgan fingerprint density at radius 1 is 1.00 bits per heavy atom. The van der Waals surface area contributed by atoms with Crippen molar-refractivity contribution in [3.8, 4) is 0 Å². The van der Waals surface area contributed by atoms with Crippen LogP contribution in [0.3, 0.4) is 0 Å². The molecule has 20 nitrogen and oxygen atoms in total. The molecule has 6 heterocycles. The number of aromatic amines is 1. The number of imidazole rings is 2. The van der Waals surface area contributed by atoms with Crippen LogP contribution >= 0.6 is 15.6 Å². The van der Waals surface area contributed by atoms with Crippen LogP contribution in [0.4, 0.5) is 5.82 Å². The first-order valence-electron chi connectivity index (χ1n) is 12.5. The molecule has 22 heteroatoms. The van der Waals surface area contributed by atoms with Crippen molar-refractivity contribution in [2.75, 3.05) is 18.9 Å². The van der Waals surface area contributed by atoms with Crippen LogP contribution in [0.5, 0.6) is 0 Å². The van der Waals surface area contributed by atoms with Gasteiger partial charge in [-0.25, -0.2) is 34.2 Å². The van der Waals surface area contributed by atoms with E-state index in [4.69, 9.17) is 34.0 Å². The Morgan fingerprint density at radius 2 is 1.79 bits per heavy atom. The van der Waals surface area contributed by atoms with Crippen LogP contribution in [0, 0.1) is 0 Å². The maximum Gasteiger partial charge on any atom is 0.472 e. The molecule has 0 spiro atoms. The monoisotopic (exact) mass is 629 g/mol. The first kappa shape index (κ1) is 28.9. The number of nitrogens with zero attached hydrogens (tertiary/aromatic N) is 7. The highest BCUT2D eigenvalue weighted by atomic mass is 31.2. The van der Waals surface area contributed by atoms with Crippen LogP contribution in [0.25, 0.3) is 22.2 Å². The van der Waals surface area contributed by atoms with Gasteiger partial charge < -0.3 is 34.5 Å². The SMILES string of the molecule is Nc1ncnc2c1ncn2[C@H]1C[C@H](OP(=O)(O)OC[C@@H]2CC[C@H](n3cnc4c(=O)[nH]ncc43)O2)[C@@H](COP(=O)(O)O)O1. The zero-order valence-corrected chi connectivity index (χ0v) is 23.2. The van der Waals surface area contributed by atoms with Crippen molar-refractivity contribution in [2.45, 2.75) is 50.0 Å². The van der Waals surface area contributed by atoms with Gasteiger partial charge in [0.1, 0.15) is 36.5 Å². The second kappa shape index (κ2) is 11.2. The summed E-state index contributed by atoms with van der Waals surface area (Å²) < 4.78 is 54.4. The number of hydrogen-bond acceptors (Lipinski definition) is 14. The number of hydrogen-bond donors (Lipinski definition) is 5. The number of nitrogens with two attached hydrogens (primary N) is 1. The Hall–Kier alpha value is -3.16. The van der Waals surface area contributed by atoms with Crippen molar-refractivity contribution >= 4 is 43.7 Å². The predicted octanol–water partition coefficient (Wildman–Crippen LogP) is 0.118. The standard InChI is InChI=1S/C20H25N9O11P2/c21-18-17-19(23-7-22-18)29(9-25-17)15-3-12(13(39-15)6-36-41(31,32)33)40-42(34,35)37-5-10-1-2-14(38-10)28-8-24-16-11(28)4-26-27-20(16)30/h4,7-10,12-15H,1-3,5-6H2,(H,27,30)(H,34,35)(H2,21,22,23)(H2,31,32,33)/t10-,12-,13+,14+,15+/m0/s1. The van der Waals surface area contributed by atoms with Gasteiger partial charge in [0.15, 0.2) is 17.0 Å². The van der Waals surface area contributed by atoms with Gasteiger partial charge in [-0.3, -0.25) is 22.9 Å². The number of nitrogen functional groups attached to an aromatic ring is 1. The van der Waals surface area contributed by atoms with E-state index in [2.05, 4.69) is 34.7 Å². The molecule has 0 saturated carbocycles. The van der Waals surface area contributed by atoms with E-state index >= 15 is 0 Å². The topological polar surface area (TPSA) is 274 Å². The number of H-pyrrole nitrogens is 1. The normalized spacial score (nSPS) is 26.3. The summed E-state index contributed by atoms with van der Waals surface area (Å²) in [4.78, 5) is 57.0. The summed E-state index contributed by atoms with van der Waals surface area (Å²) in [5.74, 6) is 0.127. The minimum atomic E-state index is -4.89. The van der Waals surface area contributed by atoms with E-state index in [1.807, 2.05) is 0 Å². The van der Waals surface area contributed by atoms with E-state index in [0.29, 0.717) is 29.5 Å². The summed E-state index contributed by atoms with van der Waals surface area (Å²) in [6, 6.07) is 0. The highest BCUT2D eigenvalue weighted by molar-refractivity contribution is 7.47. The molecule has 6 atom stereocenters. The molecular weight excluding hydrogens is 604 g/mol. The Labute approximate surface area is 234 Å². The van der Waals surface area contributed by atoms with Crippen LogP contribution in [-0.2, 0) is 32.2 Å². The third-order valence-corrected chi connectivity index (χ3v) is 8.27. The molecular formula is C20H25N9O11P2. The molecule has 226 valence electrons. The van der Waals surface area contributed by atoms with Crippen molar-refractivity contribution in [1.82, 2.24) is 39.3 Å². The van der Waals surface area contributed by atoms with Gasteiger partial charge in [0.05, 0.1) is 43.7 Å². The summed E-state index contributed by atoms with van der Waals surface area (Å²) in [7, 11) is -9.63. The number of phosphoric ester groups is 2. The minimum absolute atomic E-state index is 0.0542. The number of fused-ring (bicyclic) bond motifs is 2. The summed E-state index contributed by atoms with van der Waals surface area (Å²) in [6.07, 6.45) is 2.10. The minimum Gasteiger partial charge on any atom is -0.382 e. The van der Waals surface area contributed by atoms with Gasteiger partial charge >= 0.3 is 15.6 Å². The van der Waals surface area contributed by atoms with Gasteiger partial charge in [0.25, 0.3) is 5.56 Å². The fourth-order valence-corrected chi connectivity index (χ4v) is 6.20. The molecule has 2 fully saturated rings. The van der Waals surface area contributed by atoms with Gasteiger partial charge in [-0.05, 0) is 12.8 Å². The average Bonchev–Trinajstić information content (AvgIpc) is 3.71. The molecule has 6 N–H and O–H groups in total. The smallest absolute Gasteiger partial charge is 0.382 e. The Morgan fingerprint density at radius 3 is 2.60 bits per heavy atom. The van der Waals surface area contributed by atoms with Crippen LogP contribution in [0.15, 0.2) is 30.0 Å². The van der Waals surface area contributed by atoms with Gasteiger partial charge in [-0.15, -0.1) is 0 Å².